The molecule has 1 fully saturated rings. The molecule has 1 saturated heterocycles. The van der Waals surface area contributed by atoms with Crippen molar-refractivity contribution in [3.63, 3.8) is 0 Å². The summed E-state index contributed by atoms with van der Waals surface area (Å²) < 4.78 is 54.3. The third-order valence-electron chi connectivity index (χ3n) is 6.18. The Hall–Kier alpha value is -3.42. The number of fused-ring (bicyclic) bond motifs is 2. The average Bonchev–Trinajstić information content (AvgIpc) is 3.32. The van der Waals surface area contributed by atoms with Gasteiger partial charge in [-0.05, 0) is 24.1 Å². The van der Waals surface area contributed by atoms with Crippen LogP contribution in [0.4, 0.5) is 24.8 Å². The number of nitrogen functional groups attached to an aromatic ring is 2. The van der Waals surface area contributed by atoms with Crippen LogP contribution in [0.15, 0.2) is 36.5 Å². The topological polar surface area (TPSA) is 155 Å². The number of aliphatic hydroxyl groups is 2. The maximum absolute atomic E-state index is 14.0. The first kappa shape index (κ1) is 22.4. The molecular weight excluding hydrogens is 457 g/mol. The van der Waals surface area contributed by atoms with Gasteiger partial charge in [-0.15, -0.1) is 0 Å². The molecule has 6 N–H and O–H groups in total. The number of aryl methyl sites for hydroxylation is 1. The maximum Gasteiger partial charge on any atom is 0.422 e. The lowest BCUT2D eigenvalue weighted by molar-refractivity contribution is -0.296. The van der Waals surface area contributed by atoms with Crippen molar-refractivity contribution in [1.82, 2.24) is 19.5 Å². The Labute approximate surface area is 190 Å². The second-order valence-corrected chi connectivity index (χ2v) is 8.20. The second kappa shape index (κ2) is 7.82. The Morgan fingerprint density at radius 3 is 2.76 bits per heavy atom. The van der Waals surface area contributed by atoms with Crippen molar-refractivity contribution < 1.29 is 32.9 Å². The minimum absolute atomic E-state index is 0.112. The fraction of sp³-hybridized carbons (Fsp3) is 0.381. The summed E-state index contributed by atoms with van der Waals surface area (Å²) in [6.45, 7) is -0.663. The Balaban J connectivity index is 1.43. The third kappa shape index (κ3) is 3.43. The molecule has 1 aliphatic heterocycles. The molecule has 4 heterocycles. The lowest BCUT2D eigenvalue weighted by Gasteiger charge is -2.33. The molecule has 0 amide bonds. The quantitative estimate of drug-likeness (QED) is 0.437. The molecule has 10 nitrogen and oxygen atoms in total. The van der Waals surface area contributed by atoms with Crippen LogP contribution in [0.3, 0.4) is 0 Å². The molecule has 3 aromatic rings. The maximum atomic E-state index is 14.0. The van der Waals surface area contributed by atoms with Crippen LogP contribution in [0.25, 0.3) is 17.1 Å². The van der Waals surface area contributed by atoms with E-state index in [2.05, 4.69) is 15.0 Å². The van der Waals surface area contributed by atoms with E-state index in [-0.39, 0.29) is 11.5 Å². The molecular formula is C21H21F3N6O4. The van der Waals surface area contributed by atoms with Crippen molar-refractivity contribution in [1.29, 1.82) is 0 Å². The molecule has 13 heteroatoms. The fourth-order valence-corrected chi connectivity index (χ4v) is 4.32. The van der Waals surface area contributed by atoms with Gasteiger partial charge in [-0.3, -0.25) is 0 Å². The number of nitrogens with two attached hydrogens (primary N) is 2. The molecule has 0 unspecified atom stereocenters. The van der Waals surface area contributed by atoms with E-state index in [0.717, 1.165) is 11.9 Å². The summed E-state index contributed by atoms with van der Waals surface area (Å²) >= 11 is 0. The van der Waals surface area contributed by atoms with Gasteiger partial charge < -0.3 is 35.7 Å². The van der Waals surface area contributed by atoms with Gasteiger partial charge in [0.05, 0.1) is 16.8 Å². The van der Waals surface area contributed by atoms with Crippen molar-refractivity contribution in [2.24, 2.45) is 0 Å². The highest BCUT2D eigenvalue weighted by molar-refractivity contribution is 5.86. The highest BCUT2D eigenvalue weighted by Gasteiger charge is 2.70. The normalized spacial score (nSPS) is 27.0. The van der Waals surface area contributed by atoms with Crippen LogP contribution in [-0.4, -0.2) is 60.3 Å². The van der Waals surface area contributed by atoms with Crippen molar-refractivity contribution >= 4 is 28.7 Å². The van der Waals surface area contributed by atoms with Crippen LogP contribution >= 0.6 is 0 Å². The second-order valence-electron chi connectivity index (χ2n) is 8.20. The largest absolute Gasteiger partial charge is 0.495 e. The van der Waals surface area contributed by atoms with E-state index in [1.54, 1.807) is 12.1 Å². The number of ether oxygens (including phenoxy) is 2. The Bertz CT molecular complexity index is 1280. The number of rotatable bonds is 4. The number of pyridine rings is 1. The molecule has 4 atom stereocenters. The fourth-order valence-electron chi connectivity index (χ4n) is 4.32. The van der Waals surface area contributed by atoms with Gasteiger partial charge >= 0.3 is 6.18 Å². The van der Waals surface area contributed by atoms with Gasteiger partial charge in [0.15, 0.2) is 6.23 Å². The molecule has 1 aliphatic carbocycles. The first-order chi connectivity index (χ1) is 16.1. The van der Waals surface area contributed by atoms with E-state index in [4.69, 9.17) is 20.9 Å². The van der Waals surface area contributed by atoms with Crippen LogP contribution in [0.5, 0.6) is 0 Å². The van der Waals surface area contributed by atoms with Crippen LogP contribution in [0, 0.1) is 0 Å². The molecule has 3 aromatic heterocycles. The Morgan fingerprint density at radius 2 is 2.00 bits per heavy atom. The van der Waals surface area contributed by atoms with Gasteiger partial charge in [-0.25, -0.2) is 15.0 Å². The van der Waals surface area contributed by atoms with Crippen molar-refractivity contribution in [2.75, 3.05) is 18.1 Å². The van der Waals surface area contributed by atoms with Crippen LogP contribution in [-0.2, 0) is 15.9 Å². The van der Waals surface area contributed by atoms with Crippen molar-refractivity contribution in [3.8, 4) is 0 Å². The summed E-state index contributed by atoms with van der Waals surface area (Å²) in [7, 11) is 0. The number of aliphatic hydroxyl groups excluding tert-OH is 1. The zero-order valence-corrected chi connectivity index (χ0v) is 17.6. The number of aromatic nitrogens is 4. The first-order valence-electron chi connectivity index (χ1n) is 10.4. The van der Waals surface area contributed by atoms with E-state index in [1.165, 1.54) is 16.8 Å². The van der Waals surface area contributed by atoms with Gasteiger partial charge in [0.25, 0.3) is 0 Å². The van der Waals surface area contributed by atoms with Crippen LogP contribution in [0.2, 0.25) is 0 Å². The van der Waals surface area contributed by atoms with Crippen molar-refractivity contribution in [3.05, 3.63) is 47.7 Å². The summed E-state index contributed by atoms with van der Waals surface area (Å²) in [5, 5.41) is 21.7. The summed E-state index contributed by atoms with van der Waals surface area (Å²) in [6, 6.07) is 4.98. The Morgan fingerprint density at radius 1 is 1.21 bits per heavy atom. The van der Waals surface area contributed by atoms with Gasteiger partial charge in [0, 0.05) is 18.7 Å². The number of halogens is 3. The standard InChI is InChI=1S/C21H21F3N6O4/c22-21(23,24)20(32)14(8-33-11-3-1-10-2-4-15(25)29-13(10)7-11)34-19(16(20)31)30-6-5-12-17(26)27-9-28-18(12)30/h2,4-7,9,14,16,19,31-32H,1,3,8H2,(H2,25,29)(H2,26,27,28)/t14-,16+,19-,20-/m1/s1. The summed E-state index contributed by atoms with van der Waals surface area (Å²) in [5.74, 6) is 0.778. The molecule has 180 valence electrons. The molecule has 2 aliphatic rings. The van der Waals surface area contributed by atoms with Gasteiger partial charge in [0.2, 0.25) is 5.60 Å². The zero-order valence-electron chi connectivity index (χ0n) is 17.6. The zero-order chi connectivity index (χ0) is 24.3. The van der Waals surface area contributed by atoms with E-state index in [0.29, 0.717) is 35.5 Å². The van der Waals surface area contributed by atoms with Crippen LogP contribution in [0.1, 0.15) is 23.9 Å². The number of anilines is 2. The van der Waals surface area contributed by atoms with Crippen LogP contribution < -0.4 is 11.5 Å². The summed E-state index contributed by atoms with van der Waals surface area (Å²) in [4.78, 5) is 12.1. The van der Waals surface area contributed by atoms with E-state index in [1.807, 2.05) is 6.07 Å². The average molecular weight is 478 g/mol. The van der Waals surface area contributed by atoms with Crippen molar-refractivity contribution in [2.45, 2.75) is 43.1 Å². The van der Waals surface area contributed by atoms with Gasteiger partial charge in [0.1, 0.15) is 42.4 Å². The molecule has 0 radical (unpaired) electrons. The predicted octanol–water partition coefficient (Wildman–Crippen LogP) is 1.55. The number of hydrogen-bond acceptors (Lipinski definition) is 9. The van der Waals surface area contributed by atoms with E-state index in [9.17, 15) is 23.4 Å². The first-order valence-corrected chi connectivity index (χ1v) is 10.4. The number of allylic oxidation sites excluding steroid dienone is 1. The predicted molar refractivity (Wildman–Crippen MR) is 114 cm³/mol. The summed E-state index contributed by atoms with van der Waals surface area (Å²) in [5.41, 5.74) is 9.55. The SMILES string of the molecule is Nc1ccc2c(n1)C=C(OC[C@H]1O[C@@H](n3ccc4c(N)ncnc43)[C@H](O)[C@@]1(O)C(F)(F)F)CC2. The molecule has 0 bridgehead atoms. The molecule has 34 heavy (non-hydrogen) atoms. The minimum atomic E-state index is -5.21. The van der Waals surface area contributed by atoms with Gasteiger partial charge in [-0.1, -0.05) is 6.07 Å². The lowest BCUT2D eigenvalue weighted by Crippen LogP contribution is -2.60. The highest BCUT2D eigenvalue weighted by Crippen LogP contribution is 2.48. The lowest BCUT2D eigenvalue weighted by atomic mass is 9.91. The van der Waals surface area contributed by atoms with E-state index < -0.39 is 36.8 Å². The Kier molecular flexibility index (Phi) is 5.15. The molecule has 0 spiro atoms. The number of nitrogens with zero attached hydrogens (tertiary/aromatic N) is 4. The summed E-state index contributed by atoms with van der Waals surface area (Å²) in [6.07, 6.45) is -6.05. The highest BCUT2D eigenvalue weighted by atomic mass is 19.4. The molecule has 0 saturated carbocycles. The molecule has 5 rings (SSSR count). The van der Waals surface area contributed by atoms with E-state index >= 15 is 0 Å². The minimum Gasteiger partial charge on any atom is -0.495 e. The number of alkyl halides is 3. The monoisotopic (exact) mass is 478 g/mol. The smallest absolute Gasteiger partial charge is 0.422 e. The molecule has 0 aromatic carbocycles. The number of hydrogen-bond donors (Lipinski definition) is 4. The van der Waals surface area contributed by atoms with Gasteiger partial charge in [-0.2, -0.15) is 13.2 Å². The third-order valence-corrected chi connectivity index (χ3v) is 6.18.